The number of hydrogen-bond donors (Lipinski definition) is 0. The third-order valence-corrected chi connectivity index (χ3v) is 1.99. The summed E-state index contributed by atoms with van der Waals surface area (Å²) in [4.78, 5) is 0. The second-order valence-corrected chi connectivity index (χ2v) is 3.29. The van der Waals surface area contributed by atoms with Gasteiger partial charge in [-0.3, -0.25) is 0 Å². The van der Waals surface area contributed by atoms with E-state index in [1.165, 1.54) is 10.8 Å². The number of allylic oxidation sites excluding steroid dienone is 2. The standard InChI is InChI=1S/C5H6O2S/c6-8(7)4-2-1-3-5-8/h2-5H,1H2. The third-order valence-electron chi connectivity index (χ3n) is 0.844. The molecule has 2 nitrogen and oxygen atoms in total. The molecule has 0 amide bonds. The molecule has 0 radical (unpaired) electrons. The predicted octanol–water partition coefficient (Wildman–Crippen LogP) is 0.832. The molecule has 1 rings (SSSR count). The molecule has 0 N–H and O–H groups in total. The topological polar surface area (TPSA) is 34.1 Å². The molecule has 0 unspecified atom stereocenters. The fraction of sp³-hybridized carbons (Fsp3) is 0.200. The fourth-order valence-corrected chi connectivity index (χ4v) is 1.35. The minimum atomic E-state index is -2.94. The summed E-state index contributed by atoms with van der Waals surface area (Å²) in [5, 5.41) is 2.43. The fourth-order valence-electron chi connectivity index (χ4n) is 0.503. The summed E-state index contributed by atoms with van der Waals surface area (Å²) < 4.78 is 21.0. The molecule has 1 aliphatic rings. The maximum atomic E-state index is 10.5. The zero-order valence-electron chi connectivity index (χ0n) is 4.24. The molecule has 0 saturated carbocycles. The highest BCUT2D eigenvalue weighted by Gasteiger charge is 1.99. The highest BCUT2D eigenvalue weighted by atomic mass is 32.2. The van der Waals surface area contributed by atoms with Crippen LogP contribution in [0.1, 0.15) is 6.42 Å². The summed E-state index contributed by atoms with van der Waals surface area (Å²) in [5.41, 5.74) is 0. The van der Waals surface area contributed by atoms with Crippen molar-refractivity contribution in [1.82, 2.24) is 0 Å². The summed E-state index contributed by atoms with van der Waals surface area (Å²) in [6.45, 7) is 0. The van der Waals surface area contributed by atoms with Crippen LogP contribution in [0.15, 0.2) is 23.0 Å². The van der Waals surface area contributed by atoms with Gasteiger partial charge in [-0.05, 0) is 6.42 Å². The van der Waals surface area contributed by atoms with Crippen LogP contribution in [0.2, 0.25) is 0 Å². The zero-order valence-corrected chi connectivity index (χ0v) is 5.06. The zero-order chi connectivity index (χ0) is 6.04. The van der Waals surface area contributed by atoms with Crippen LogP contribution in [0.25, 0.3) is 0 Å². The Hall–Kier alpha value is -0.570. The Morgan fingerprint density at radius 1 is 1.12 bits per heavy atom. The van der Waals surface area contributed by atoms with E-state index in [1.54, 1.807) is 12.2 Å². The molecule has 0 aliphatic carbocycles. The first-order valence-corrected chi connectivity index (χ1v) is 3.90. The lowest BCUT2D eigenvalue weighted by molar-refractivity contribution is 0.612. The Morgan fingerprint density at radius 3 is 1.88 bits per heavy atom. The van der Waals surface area contributed by atoms with Crippen LogP contribution in [-0.4, -0.2) is 8.42 Å². The summed E-state index contributed by atoms with van der Waals surface area (Å²) in [6, 6.07) is 0. The van der Waals surface area contributed by atoms with Crippen LogP contribution in [0.5, 0.6) is 0 Å². The average molecular weight is 130 g/mol. The summed E-state index contributed by atoms with van der Waals surface area (Å²) in [6.07, 6.45) is 3.98. The van der Waals surface area contributed by atoms with Crippen molar-refractivity contribution in [3.8, 4) is 0 Å². The molecule has 1 aliphatic heterocycles. The summed E-state index contributed by atoms with van der Waals surface area (Å²) in [5.74, 6) is 0. The van der Waals surface area contributed by atoms with Gasteiger partial charge in [-0.1, -0.05) is 12.2 Å². The van der Waals surface area contributed by atoms with Crippen molar-refractivity contribution >= 4 is 9.84 Å². The minimum absolute atomic E-state index is 0.735. The van der Waals surface area contributed by atoms with Crippen molar-refractivity contribution in [2.75, 3.05) is 0 Å². The van der Waals surface area contributed by atoms with Gasteiger partial charge in [-0.25, -0.2) is 8.42 Å². The van der Waals surface area contributed by atoms with Gasteiger partial charge in [0.1, 0.15) is 0 Å². The van der Waals surface area contributed by atoms with Crippen LogP contribution >= 0.6 is 0 Å². The minimum Gasteiger partial charge on any atom is -0.220 e. The Kier molecular flexibility index (Phi) is 1.21. The molecular weight excluding hydrogens is 124 g/mol. The number of hydrogen-bond acceptors (Lipinski definition) is 2. The van der Waals surface area contributed by atoms with Gasteiger partial charge in [0.15, 0.2) is 9.84 Å². The van der Waals surface area contributed by atoms with E-state index in [0.29, 0.717) is 0 Å². The first kappa shape index (κ1) is 5.56. The van der Waals surface area contributed by atoms with Gasteiger partial charge in [0.25, 0.3) is 0 Å². The molecule has 0 aromatic heterocycles. The Balaban J connectivity index is 3.03. The lowest BCUT2D eigenvalue weighted by Gasteiger charge is -1.91. The van der Waals surface area contributed by atoms with Crippen molar-refractivity contribution in [2.45, 2.75) is 6.42 Å². The van der Waals surface area contributed by atoms with Crippen molar-refractivity contribution in [1.29, 1.82) is 0 Å². The van der Waals surface area contributed by atoms with Gasteiger partial charge >= 0.3 is 0 Å². The van der Waals surface area contributed by atoms with Crippen LogP contribution in [-0.2, 0) is 9.84 Å². The van der Waals surface area contributed by atoms with E-state index in [1.807, 2.05) is 0 Å². The van der Waals surface area contributed by atoms with E-state index in [9.17, 15) is 8.42 Å². The molecule has 44 valence electrons. The average Bonchev–Trinajstić information content (AvgIpc) is 1.65. The molecule has 0 aromatic rings. The molecule has 1 heterocycles. The van der Waals surface area contributed by atoms with Gasteiger partial charge in [0, 0.05) is 10.8 Å². The maximum absolute atomic E-state index is 10.5. The highest BCUT2D eigenvalue weighted by Crippen LogP contribution is 2.03. The van der Waals surface area contributed by atoms with Crippen molar-refractivity contribution < 1.29 is 8.42 Å². The van der Waals surface area contributed by atoms with Gasteiger partial charge < -0.3 is 0 Å². The molecule has 0 spiro atoms. The van der Waals surface area contributed by atoms with E-state index in [4.69, 9.17) is 0 Å². The normalized spacial score (nSPS) is 23.5. The van der Waals surface area contributed by atoms with Crippen LogP contribution < -0.4 is 0 Å². The number of sulfone groups is 1. The van der Waals surface area contributed by atoms with Gasteiger partial charge in [0.05, 0.1) is 0 Å². The van der Waals surface area contributed by atoms with Crippen molar-refractivity contribution in [3.63, 3.8) is 0 Å². The molecule has 8 heavy (non-hydrogen) atoms. The Bertz CT molecular complexity index is 203. The Labute approximate surface area is 48.4 Å². The molecule has 0 fully saturated rings. The van der Waals surface area contributed by atoms with E-state index >= 15 is 0 Å². The first-order chi connectivity index (χ1) is 3.71. The largest absolute Gasteiger partial charge is 0.220 e. The van der Waals surface area contributed by atoms with Crippen molar-refractivity contribution in [2.24, 2.45) is 0 Å². The molecular formula is C5H6O2S. The summed E-state index contributed by atoms with van der Waals surface area (Å²) in [7, 11) is -2.94. The highest BCUT2D eigenvalue weighted by molar-refractivity contribution is 7.97. The van der Waals surface area contributed by atoms with Gasteiger partial charge in [-0.15, -0.1) is 0 Å². The smallest absolute Gasteiger partial charge is 0.192 e. The quantitative estimate of drug-likeness (QED) is 0.486. The van der Waals surface area contributed by atoms with Crippen molar-refractivity contribution in [3.05, 3.63) is 23.0 Å². The second-order valence-electron chi connectivity index (χ2n) is 1.57. The van der Waals surface area contributed by atoms with Crippen LogP contribution in [0.3, 0.4) is 0 Å². The van der Waals surface area contributed by atoms with E-state index in [2.05, 4.69) is 0 Å². The van der Waals surface area contributed by atoms with E-state index in [0.717, 1.165) is 6.42 Å². The molecule has 0 bridgehead atoms. The molecule has 3 heteroatoms. The van der Waals surface area contributed by atoms with Crippen LogP contribution in [0, 0.1) is 0 Å². The maximum Gasteiger partial charge on any atom is 0.192 e. The first-order valence-electron chi connectivity index (χ1n) is 2.29. The van der Waals surface area contributed by atoms with E-state index < -0.39 is 9.84 Å². The predicted molar refractivity (Wildman–Crippen MR) is 31.8 cm³/mol. The lowest BCUT2D eigenvalue weighted by atomic mass is 10.4. The summed E-state index contributed by atoms with van der Waals surface area (Å²) >= 11 is 0. The van der Waals surface area contributed by atoms with E-state index in [-0.39, 0.29) is 0 Å². The van der Waals surface area contributed by atoms with Crippen LogP contribution in [0.4, 0.5) is 0 Å². The lowest BCUT2D eigenvalue weighted by Crippen LogP contribution is -1.90. The third kappa shape index (κ3) is 1.20. The second kappa shape index (κ2) is 1.74. The van der Waals surface area contributed by atoms with Gasteiger partial charge in [-0.2, -0.15) is 0 Å². The molecule has 0 aromatic carbocycles. The number of rotatable bonds is 0. The monoisotopic (exact) mass is 130 g/mol. The molecule has 0 saturated heterocycles. The van der Waals surface area contributed by atoms with Gasteiger partial charge in [0.2, 0.25) is 0 Å². The molecule has 0 atom stereocenters. The SMILES string of the molecule is O=S1(=O)C=CCC=C1. The Morgan fingerprint density at radius 2 is 1.62 bits per heavy atom.